The molecule has 1 aliphatic rings. The number of benzene rings is 2. The summed E-state index contributed by atoms with van der Waals surface area (Å²) in [5.74, 6) is -0.597. The van der Waals surface area contributed by atoms with E-state index in [9.17, 15) is 23.3 Å². The summed E-state index contributed by atoms with van der Waals surface area (Å²) in [6.07, 6.45) is 0. The van der Waals surface area contributed by atoms with Crippen molar-refractivity contribution in [2.24, 2.45) is 0 Å². The number of nitro benzene ring substituents is 1. The summed E-state index contributed by atoms with van der Waals surface area (Å²) in [6, 6.07) is 8.28. The molecule has 0 aliphatic carbocycles. The highest BCUT2D eigenvalue weighted by atomic mass is 35.5. The maximum atomic E-state index is 12.8. The van der Waals surface area contributed by atoms with E-state index in [1.807, 2.05) is 0 Å². The number of hydrogen-bond donors (Lipinski definition) is 1. The number of morpholine rings is 1. The number of hydrogen-bond acceptors (Lipinski definition) is 8. The summed E-state index contributed by atoms with van der Waals surface area (Å²) >= 11 is 6.87. The van der Waals surface area contributed by atoms with Crippen molar-refractivity contribution in [2.75, 3.05) is 31.6 Å². The largest absolute Gasteiger partial charge is 0.379 e. The van der Waals surface area contributed by atoms with Crippen molar-refractivity contribution >= 4 is 59.9 Å². The molecule has 0 atom stereocenters. The van der Waals surface area contributed by atoms with Crippen LogP contribution >= 0.6 is 22.9 Å². The normalized spacial score (nSPS) is 15.1. The fraction of sp³-hybridized carbons (Fsp3) is 0.222. The van der Waals surface area contributed by atoms with Crippen molar-refractivity contribution in [3.05, 3.63) is 57.1 Å². The highest BCUT2D eigenvalue weighted by Gasteiger charge is 2.27. The van der Waals surface area contributed by atoms with Crippen molar-refractivity contribution in [1.29, 1.82) is 0 Å². The third kappa shape index (κ3) is 4.38. The molecule has 1 saturated heterocycles. The van der Waals surface area contributed by atoms with Gasteiger partial charge in [-0.05, 0) is 30.3 Å². The Morgan fingerprint density at radius 2 is 1.97 bits per heavy atom. The van der Waals surface area contributed by atoms with Crippen LogP contribution in [0.4, 0.5) is 10.8 Å². The number of aromatic nitrogens is 1. The van der Waals surface area contributed by atoms with Gasteiger partial charge in [0.1, 0.15) is 5.02 Å². The fourth-order valence-electron chi connectivity index (χ4n) is 3.02. The number of fused-ring (bicyclic) bond motifs is 1. The molecule has 0 bridgehead atoms. The third-order valence-corrected chi connectivity index (χ3v) is 7.74. The minimum Gasteiger partial charge on any atom is -0.379 e. The maximum Gasteiger partial charge on any atom is 0.288 e. The molecular formula is C18H15ClN4O6S2. The number of carbonyl (C=O) groups excluding carboxylic acids is 1. The molecule has 13 heteroatoms. The molecule has 2 aromatic carbocycles. The molecule has 2 heterocycles. The van der Waals surface area contributed by atoms with Gasteiger partial charge in [-0.3, -0.25) is 20.2 Å². The fourth-order valence-corrected chi connectivity index (χ4v) is 5.61. The molecule has 1 amide bonds. The van der Waals surface area contributed by atoms with Crippen LogP contribution in [0.3, 0.4) is 0 Å². The number of anilines is 1. The molecule has 1 fully saturated rings. The average Bonchev–Trinajstić information content (AvgIpc) is 3.15. The molecule has 1 N–H and O–H groups in total. The van der Waals surface area contributed by atoms with Crippen molar-refractivity contribution in [3.8, 4) is 0 Å². The van der Waals surface area contributed by atoms with Gasteiger partial charge in [0.15, 0.2) is 5.13 Å². The van der Waals surface area contributed by atoms with E-state index >= 15 is 0 Å². The van der Waals surface area contributed by atoms with Crippen LogP contribution in [0, 0.1) is 10.1 Å². The average molecular weight is 483 g/mol. The minimum absolute atomic E-state index is 0.0472. The molecular weight excluding hydrogens is 468 g/mol. The number of carbonyl (C=O) groups is 1. The second-order valence-electron chi connectivity index (χ2n) is 6.54. The lowest BCUT2D eigenvalue weighted by molar-refractivity contribution is -0.384. The van der Waals surface area contributed by atoms with Crippen LogP contribution in [0.5, 0.6) is 0 Å². The molecule has 10 nitrogen and oxygen atoms in total. The Morgan fingerprint density at radius 1 is 1.23 bits per heavy atom. The van der Waals surface area contributed by atoms with E-state index in [2.05, 4.69) is 10.3 Å². The Hall–Kier alpha value is -2.64. The van der Waals surface area contributed by atoms with Gasteiger partial charge < -0.3 is 4.74 Å². The van der Waals surface area contributed by atoms with E-state index in [1.165, 1.54) is 28.6 Å². The van der Waals surface area contributed by atoms with Gasteiger partial charge in [-0.1, -0.05) is 22.9 Å². The summed E-state index contributed by atoms with van der Waals surface area (Å²) in [5, 5.41) is 13.8. The summed E-state index contributed by atoms with van der Waals surface area (Å²) in [6.45, 7) is 1.28. The minimum atomic E-state index is -3.66. The van der Waals surface area contributed by atoms with Crippen molar-refractivity contribution in [1.82, 2.24) is 9.29 Å². The van der Waals surface area contributed by atoms with Crippen LogP contribution in [0.1, 0.15) is 10.4 Å². The first-order chi connectivity index (χ1) is 14.8. The lowest BCUT2D eigenvalue weighted by Gasteiger charge is -2.25. The molecule has 1 aliphatic heterocycles. The zero-order chi connectivity index (χ0) is 22.2. The Bertz CT molecular complexity index is 1290. The number of thiazole rings is 1. The van der Waals surface area contributed by atoms with Crippen LogP contribution in [0.15, 0.2) is 41.3 Å². The quantitative estimate of drug-likeness (QED) is 0.436. The molecule has 4 rings (SSSR count). The number of sulfonamides is 1. The standard InChI is InChI=1S/C18H15ClN4O6S2/c19-13-3-1-11(9-15(13)23(25)26)17(24)21-18-20-14-4-2-12(10-16(14)30-18)31(27,28)22-5-7-29-8-6-22/h1-4,9-10H,5-8H2,(H,20,21,24). The number of rotatable bonds is 5. The molecule has 1 aromatic heterocycles. The second kappa shape index (κ2) is 8.48. The van der Waals surface area contributed by atoms with Crippen LogP contribution in [0.25, 0.3) is 10.2 Å². The Morgan fingerprint density at radius 3 is 2.68 bits per heavy atom. The molecule has 31 heavy (non-hydrogen) atoms. The maximum absolute atomic E-state index is 12.8. The van der Waals surface area contributed by atoms with E-state index in [0.29, 0.717) is 23.4 Å². The monoisotopic (exact) mass is 482 g/mol. The lowest BCUT2D eigenvalue weighted by atomic mass is 10.2. The molecule has 3 aromatic rings. The van der Waals surface area contributed by atoms with E-state index < -0.39 is 20.9 Å². The first-order valence-corrected chi connectivity index (χ1v) is 11.6. The summed E-state index contributed by atoms with van der Waals surface area (Å²) in [5.41, 5.74) is 0.186. The number of nitrogens with zero attached hydrogens (tertiary/aromatic N) is 3. The molecule has 0 saturated carbocycles. The number of amides is 1. The van der Waals surface area contributed by atoms with Crippen LogP contribution in [-0.4, -0.2) is 54.8 Å². The van der Waals surface area contributed by atoms with Crippen molar-refractivity contribution in [2.45, 2.75) is 4.90 Å². The second-order valence-corrected chi connectivity index (χ2v) is 9.92. The van der Waals surface area contributed by atoms with Crippen LogP contribution in [-0.2, 0) is 14.8 Å². The van der Waals surface area contributed by atoms with Gasteiger partial charge in [0.2, 0.25) is 10.0 Å². The first kappa shape index (κ1) is 21.6. The van der Waals surface area contributed by atoms with Gasteiger partial charge in [-0.2, -0.15) is 4.31 Å². The van der Waals surface area contributed by atoms with Gasteiger partial charge in [0.25, 0.3) is 11.6 Å². The molecule has 0 radical (unpaired) electrons. The molecule has 0 spiro atoms. The Kier molecular flexibility index (Phi) is 5.90. The number of nitrogens with one attached hydrogen (secondary N) is 1. The van der Waals surface area contributed by atoms with Gasteiger partial charge >= 0.3 is 0 Å². The highest BCUT2D eigenvalue weighted by molar-refractivity contribution is 7.89. The first-order valence-electron chi connectivity index (χ1n) is 8.99. The van der Waals surface area contributed by atoms with Crippen molar-refractivity contribution < 1.29 is 22.9 Å². The number of halogens is 1. The molecule has 162 valence electrons. The Labute approximate surface area is 185 Å². The SMILES string of the molecule is O=C(Nc1nc2ccc(S(=O)(=O)N3CCOCC3)cc2s1)c1ccc(Cl)c([N+](=O)[O-])c1. The predicted molar refractivity (Wildman–Crippen MR) is 115 cm³/mol. The zero-order valence-electron chi connectivity index (χ0n) is 15.8. The van der Waals surface area contributed by atoms with Gasteiger partial charge in [0, 0.05) is 24.7 Å². The van der Waals surface area contributed by atoms with Gasteiger partial charge in [-0.15, -0.1) is 0 Å². The number of ether oxygens (including phenoxy) is 1. The van der Waals surface area contributed by atoms with Crippen LogP contribution < -0.4 is 5.32 Å². The van der Waals surface area contributed by atoms with E-state index in [0.717, 1.165) is 17.4 Å². The summed E-state index contributed by atoms with van der Waals surface area (Å²) < 4.78 is 32.8. The van der Waals surface area contributed by atoms with Crippen LogP contribution in [0.2, 0.25) is 5.02 Å². The summed E-state index contributed by atoms with van der Waals surface area (Å²) in [4.78, 5) is 27.3. The number of nitro groups is 1. The topological polar surface area (TPSA) is 132 Å². The summed E-state index contributed by atoms with van der Waals surface area (Å²) in [7, 11) is -3.66. The zero-order valence-corrected chi connectivity index (χ0v) is 18.2. The van der Waals surface area contributed by atoms with Gasteiger partial charge in [-0.25, -0.2) is 13.4 Å². The van der Waals surface area contributed by atoms with Gasteiger partial charge in [0.05, 0.1) is 33.2 Å². The van der Waals surface area contributed by atoms with E-state index in [1.54, 1.807) is 6.07 Å². The van der Waals surface area contributed by atoms with Crippen molar-refractivity contribution in [3.63, 3.8) is 0 Å². The highest BCUT2D eigenvalue weighted by Crippen LogP contribution is 2.30. The lowest BCUT2D eigenvalue weighted by Crippen LogP contribution is -2.40. The van der Waals surface area contributed by atoms with E-state index in [-0.39, 0.29) is 39.4 Å². The molecule has 0 unspecified atom stereocenters. The Balaban J connectivity index is 1.58. The smallest absolute Gasteiger partial charge is 0.288 e. The van der Waals surface area contributed by atoms with E-state index in [4.69, 9.17) is 16.3 Å². The predicted octanol–water partition coefficient (Wildman–Crippen LogP) is 3.13. The third-order valence-electron chi connectivity index (χ3n) is 4.59.